The van der Waals surface area contributed by atoms with E-state index in [1.54, 1.807) is 6.08 Å². The minimum absolute atomic E-state index is 0.0718. The normalized spacial score (nSPS) is 13.8. The molecule has 0 saturated heterocycles. The van der Waals surface area contributed by atoms with Crippen molar-refractivity contribution in [2.75, 3.05) is 0 Å². The van der Waals surface area contributed by atoms with Gasteiger partial charge in [0.2, 0.25) is 11.8 Å². The zero-order chi connectivity index (χ0) is 15.2. The van der Waals surface area contributed by atoms with E-state index in [1.807, 2.05) is 31.2 Å². The van der Waals surface area contributed by atoms with Crippen molar-refractivity contribution in [2.45, 2.75) is 19.8 Å². The molecule has 21 heavy (non-hydrogen) atoms. The van der Waals surface area contributed by atoms with Crippen LogP contribution in [0.15, 0.2) is 30.3 Å². The summed E-state index contributed by atoms with van der Waals surface area (Å²) >= 11 is 4.91. The molecule has 0 unspecified atom stereocenters. The number of nitrogens with one attached hydrogen (secondary N) is 3. The van der Waals surface area contributed by atoms with E-state index in [9.17, 15) is 9.59 Å². The second kappa shape index (κ2) is 6.99. The Balaban J connectivity index is 1.73. The number of hydrazine groups is 1. The van der Waals surface area contributed by atoms with Gasteiger partial charge in [-0.05, 0) is 43.6 Å². The third-order valence-corrected chi connectivity index (χ3v) is 3.19. The lowest BCUT2D eigenvalue weighted by molar-refractivity contribution is -0.123. The highest BCUT2D eigenvalue weighted by Crippen LogP contribution is 2.28. The van der Waals surface area contributed by atoms with Crippen molar-refractivity contribution in [1.82, 2.24) is 16.2 Å². The van der Waals surface area contributed by atoms with Crippen LogP contribution in [0.2, 0.25) is 0 Å². The Labute approximate surface area is 128 Å². The van der Waals surface area contributed by atoms with Gasteiger partial charge in [-0.3, -0.25) is 25.8 Å². The molecule has 1 aromatic rings. The number of benzene rings is 1. The van der Waals surface area contributed by atoms with Gasteiger partial charge in [-0.25, -0.2) is 0 Å². The second-order valence-electron chi connectivity index (χ2n) is 4.95. The Morgan fingerprint density at radius 1 is 1.19 bits per heavy atom. The molecule has 0 bridgehead atoms. The van der Waals surface area contributed by atoms with E-state index in [1.165, 1.54) is 6.08 Å². The molecule has 1 saturated carbocycles. The van der Waals surface area contributed by atoms with Gasteiger partial charge in [0.25, 0.3) is 0 Å². The van der Waals surface area contributed by atoms with Gasteiger partial charge in [-0.1, -0.05) is 29.8 Å². The number of rotatable bonds is 3. The average molecular weight is 303 g/mol. The monoisotopic (exact) mass is 303 g/mol. The molecule has 2 amide bonds. The first-order chi connectivity index (χ1) is 10.0. The maximum Gasteiger partial charge on any atom is 0.250 e. The first kappa shape index (κ1) is 15.2. The molecule has 1 fully saturated rings. The number of aryl methyl sites for hydroxylation is 1. The van der Waals surface area contributed by atoms with Gasteiger partial charge in [0, 0.05) is 12.0 Å². The van der Waals surface area contributed by atoms with Crippen molar-refractivity contribution in [3.05, 3.63) is 41.5 Å². The van der Waals surface area contributed by atoms with E-state index >= 15 is 0 Å². The molecule has 3 N–H and O–H groups in total. The first-order valence-corrected chi connectivity index (χ1v) is 7.11. The second-order valence-corrected chi connectivity index (χ2v) is 5.36. The predicted octanol–water partition coefficient (Wildman–Crippen LogP) is 1.44. The fraction of sp³-hybridized carbons (Fsp3) is 0.267. The summed E-state index contributed by atoms with van der Waals surface area (Å²) in [5.74, 6) is -0.368. The molecule has 0 aromatic heterocycles. The fourth-order valence-corrected chi connectivity index (χ4v) is 1.75. The van der Waals surface area contributed by atoms with Crippen LogP contribution in [0.1, 0.15) is 24.0 Å². The largest absolute Gasteiger partial charge is 0.298 e. The van der Waals surface area contributed by atoms with Crippen LogP contribution in [-0.4, -0.2) is 16.9 Å². The van der Waals surface area contributed by atoms with Crippen LogP contribution in [0.5, 0.6) is 0 Å². The molecule has 2 rings (SSSR count). The number of thiocarbonyl (C=S) groups is 1. The molecule has 1 aromatic carbocycles. The van der Waals surface area contributed by atoms with Gasteiger partial charge in [0.05, 0.1) is 0 Å². The third kappa shape index (κ3) is 5.35. The highest BCUT2D eigenvalue weighted by molar-refractivity contribution is 7.80. The summed E-state index contributed by atoms with van der Waals surface area (Å²) in [6.45, 7) is 2.00. The number of hydrogen-bond donors (Lipinski definition) is 3. The summed E-state index contributed by atoms with van der Waals surface area (Å²) in [6, 6.07) is 7.78. The van der Waals surface area contributed by atoms with Gasteiger partial charge in [0.1, 0.15) is 0 Å². The molecule has 1 aliphatic rings. The summed E-state index contributed by atoms with van der Waals surface area (Å²) < 4.78 is 0. The van der Waals surface area contributed by atoms with Crippen molar-refractivity contribution in [3.63, 3.8) is 0 Å². The fourth-order valence-electron chi connectivity index (χ4n) is 1.60. The lowest BCUT2D eigenvalue weighted by atomic mass is 10.1. The third-order valence-electron chi connectivity index (χ3n) is 2.99. The number of carbonyl (C=O) groups excluding carboxylic acids is 2. The Kier molecular flexibility index (Phi) is 5.05. The van der Waals surface area contributed by atoms with Crippen molar-refractivity contribution >= 4 is 35.2 Å². The average Bonchev–Trinajstić information content (AvgIpc) is 3.29. The van der Waals surface area contributed by atoms with E-state index in [0.29, 0.717) is 0 Å². The lowest BCUT2D eigenvalue weighted by Crippen LogP contribution is -2.48. The predicted molar refractivity (Wildman–Crippen MR) is 85.0 cm³/mol. The quantitative estimate of drug-likeness (QED) is 0.449. The molecule has 5 nitrogen and oxygen atoms in total. The van der Waals surface area contributed by atoms with Gasteiger partial charge in [-0.15, -0.1) is 0 Å². The van der Waals surface area contributed by atoms with Crippen LogP contribution in [0.25, 0.3) is 6.08 Å². The minimum atomic E-state index is -0.353. The highest BCUT2D eigenvalue weighted by atomic mass is 32.1. The number of hydrogen-bond acceptors (Lipinski definition) is 3. The first-order valence-electron chi connectivity index (χ1n) is 6.70. The van der Waals surface area contributed by atoms with Gasteiger partial charge in [-0.2, -0.15) is 0 Å². The molecule has 0 atom stereocenters. The van der Waals surface area contributed by atoms with Crippen molar-refractivity contribution in [3.8, 4) is 0 Å². The minimum Gasteiger partial charge on any atom is -0.298 e. The van der Waals surface area contributed by atoms with Crippen LogP contribution in [-0.2, 0) is 9.59 Å². The van der Waals surface area contributed by atoms with Crippen molar-refractivity contribution < 1.29 is 9.59 Å². The van der Waals surface area contributed by atoms with Crippen molar-refractivity contribution in [2.24, 2.45) is 5.92 Å². The van der Waals surface area contributed by atoms with Gasteiger partial charge >= 0.3 is 0 Å². The van der Waals surface area contributed by atoms with Crippen LogP contribution >= 0.6 is 12.2 Å². The van der Waals surface area contributed by atoms with E-state index in [0.717, 1.165) is 24.0 Å². The molecule has 6 heteroatoms. The van der Waals surface area contributed by atoms with Crippen LogP contribution < -0.4 is 16.2 Å². The number of carbonyl (C=O) groups is 2. The molecule has 0 spiro atoms. The lowest BCUT2D eigenvalue weighted by Gasteiger charge is -2.08. The summed E-state index contributed by atoms with van der Waals surface area (Å²) in [6.07, 6.45) is 4.90. The summed E-state index contributed by atoms with van der Waals surface area (Å²) in [7, 11) is 0. The van der Waals surface area contributed by atoms with Crippen molar-refractivity contribution in [1.29, 1.82) is 0 Å². The summed E-state index contributed by atoms with van der Waals surface area (Å²) in [4.78, 5) is 23.0. The highest BCUT2D eigenvalue weighted by Gasteiger charge is 2.29. The molecular formula is C15H17N3O2S. The van der Waals surface area contributed by atoms with Crippen LogP contribution in [0.3, 0.4) is 0 Å². The number of amides is 2. The molecule has 0 radical (unpaired) electrons. The van der Waals surface area contributed by atoms with Crippen LogP contribution in [0.4, 0.5) is 0 Å². The van der Waals surface area contributed by atoms with E-state index in [2.05, 4.69) is 16.2 Å². The molecule has 0 aliphatic heterocycles. The molecule has 1 aliphatic carbocycles. The Hall–Kier alpha value is -2.21. The maximum atomic E-state index is 11.6. The molecule has 110 valence electrons. The summed E-state index contributed by atoms with van der Waals surface area (Å²) in [5, 5.41) is 2.53. The zero-order valence-electron chi connectivity index (χ0n) is 11.7. The zero-order valence-corrected chi connectivity index (χ0v) is 12.5. The topological polar surface area (TPSA) is 70.2 Å². The Bertz CT molecular complexity index is 577. The van der Waals surface area contributed by atoms with Gasteiger partial charge < -0.3 is 0 Å². The Morgan fingerprint density at radius 2 is 1.86 bits per heavy atom. The van der Waals surface area contributed by atoms with Crippen LogP contribution in [0, 0.1) is 12.8 Å². The smallest absolute Gasteiger partial charge is 0.250 e. The Morgan fingerprint density at radius 3 is 2.48 bits per heavy atom. The maximum absolute atomic E-state index is 11.6. The van der Waals surface area contributed by atoms with Gasteiger partial charge in [0.15, 0.2) is 5.11 Å². The SMILES string of the molecule is Cc1ccc(C=CC(=O)NC(=S)NNC(=O)C2CC2)cc1. The van der Waals surface area contributed by atoms with E-state index in [-0.39, 0.29) is 22.8 Å². The summed E-state index contributed by atoms with van der Waals surface area (Å²) in [5.41, 5.74) is 7.06. The van der Waals surface area contributed by atoms with E-state index in [4.69, 9.17) is 12.2 Å². The van der Waals surface area contributed by atoms with E-state index < -0.39 is 0 Å². The molecule has 0 heterocycles. The standard InChI is InChI=1S/C15H17N3O2S/c1-10-2-4-11(5-3-10)6-9-13(19)16-15(21)18-17-14(20)12-7-8-12/h2-6,9,12H,7-8H2,1H3,(H,17,20)(H2,16,18,19,21). The molecular weight excluding hydrogens is 286 g/mol.